The summed E-state index contributed by atoms with van der Waals surface area (Å²) in [6.07, 6.45) is 4.26. The smallest absolute Gasteiger partial charge is 0.328 e. The van der Waals surface area contributed by atoms with Crippen molar-refractivity contribution >= 4 is 18.0 Å². The number of esters is 1. The topological polar surface area (TPSA) is 72.8 Å². The molecular formula is C17H16O5. The van der Waals surface area contributed by atoms with Gasteiger partial charge in [0.1, 0.15) is 6.10 Å². The van der Waals surface area contributed by atoms with Crippen LogP contribution in [0.15, 0.2) is 30.3 Å². The van der Waals surface area contributed by atoms with Crippen LogP contribution in [0.25, 0.3) is 6.08 Å². The number of carboxylic acid groups (broad SMARTS) is 1. The van der Waals surface area contributed by atoms with Gasteiger partial charge in [-0.1, -0.05) is 24.3 Å². The van der Waals surface area contributed by atoms with Gasteiger partial charge >= 0.3 is 11.9 Å². The molecule has 3 heterocycles. The number of hydrogen-bond donors (Lipinski definition) is 1. The van der Waals surface area contributed by atoms with E-state index in [0.29, 0.717) is 0 Å². The highest BCUT2D eigenvalue weighted by molar-refractivity contribution is 5.85. The molecule has 0 radical (unpaired) electrons. The fourth-order valence-corrected chi connectivity index (χ4v) is 4.04. The number of hydrogen-bond acceptors (Lipinski definition) is 4. The van der Waals surface area contributed by atoms with Gasteiger partial charge in [-0.05, 0) is 24.5 Å². The molecule has 0 aliphatic carbocycles. The van der Waals surface area contributed by atoms with Crippen LogP contribution in [0.3, 0.4) is 0 Å². The van der Waals surface area contributed by atoms with Crippen molar-refractivity contribution in [2.24, 2.45) is 11.8 Å². The zero-order valence-electron chi connectivity index (χ0n) is 11.8. The fraction of sp³-hybridized carbons (Fsp3) is 0.412. The lowest BCUT2D eigenvalue weighted by Gasteiger charge is -2.23. The number of ether oxygens (including phenoxy) is 2. The Kier molecular flexibility index (Phi) is 3.04. The molecule has 5 atom stereocenters. The summed E-state index contributed by atoms with van der Waals surface area (Å²) >= 11 is 0. The van der Waals surface area contributed by atoms with Crippen LogP contribution in [0.2, 0.25) is 0 Å². The first-order valence-corrected chi connectivity index (χ1v) is 7.51. The zero-order chi connectivity index (χ0) is 15.3. The molecule has 114 valence electrons. The van der Waals surface area contributed by atoms with Gasteiger partial charge in [-0.15, -0.1) is 0 Å². The number of rotatable bonds is 3. The molecule has 3 fully saturated rings. The Balaban J connectivity index is 1.71. The van der Waals surface area contributed by atoms with E-state index >= 15 is 0 Å². The Labute approximate surface area is 127 Å². The minimum Gasteiger partial charge on any atom is -0.478 e. The molecule has 1 aromatic rings. The molecule has 0 amide bonds. The molecule has 3 aliphatic rings. The monoisotopic (exact) mass is 300 g/mol. The van der Waals surface area contributed by atoms with Crippen LogP contribution in [-0.2, 0) is 19.1 Å². The summed E-state index contributed by atoms with van der Waals surface area (Å²) in [4.78, 5) is 22.9. The third-order valence-electron chi connectivity index (χ3n) is 4.90. The molecule has 22 heavy (non-hydrogen) atoms. The quantitative estimate of drug-likeness (QED) is 0.684. The van der Waals surface area contributed by atoms with Gasteiger partial charge in [-0.2, -0.15) is 0 Å². The van der Waals surface area contributed by atoms with Crippen LogP contribution in [0.5, 0.6) is 0 Å². The first-order chi connectivity index (χ1) is 10.6. The lowest BCUT2D eigenvalue weighted by Crippen LogP contribution is -2.28. The highest BCUT2D eigenvalue weighted by Crippen LogP contribution is 2.54. The van der Waals surface area contributed by atoms with Crippen molar-refractivity contribution in [1.29, 1.82) is 0 Å². The maximum atomic E-state index is 12.2. The van der Waals surface area contributed by atoms with E-state index in [9.17, 15) is 9.59 Å². The molecule has 3 saturated heterocycles. The first-order valence-electron chi connectivity index (χ1n) is 7.51. The summed E-state index contributed by atoms with van der Waals surface area (Å²) in [6.45, 7) is 0. The number of cyclic esters (lactones) is 1. The lowest BCUT2D eigenvalue weighted by atomic mass is 9.76. The third kappa shape index (κ3) is 1.96. The van der Waals surface area contributed by atoms with Gasteiger partial charge in [0.25, 0.3) is 0 Å². The molecule has 0 aromatic heterocycles. The van der Waals surface area contributed by atoms with Crippen molar-refractivity contribution in [3.8, 4) is 0 Å². The molecule has 5 nitrogen and oxygen atoms in total. The van der Waals surface area contributed by atoms with Gasteiger partial charge < -0.3 is 14.6 Å². The van der Waals surface area contributed by atoms with E-state index in [-0.39, 0.29) is 36.1 Å². The average molecular weight is 300 g/mol. The van der Waals surface area contributed by atoms with Gasteiger partial charge in [0, 0.05) is 17.6 Å². The van der Waals surface area contributed by atoms with E-state index in [1.807, 2.05) is 24.3 Å². The highest BCUT2D eigenvalue weighted by atomic mass is 16.6. The third-order valence-corrected chi connectivity index (χ3v) is 4.90. The van der Waals surface area contributed by atoms with Crippen LogP contribution in [0, 0.1) is 11.8 Å². The summed E-state index contributed by atoms with van der Waals surface area (Å²) < 4.78 is 11.5. The predicted molar refractivity (Wildman–Crippen MR) is 76.8 cm³/mol. The summed E-state index contributed by atoms with van der Waals surface area (Å²) in [6, 6.07) is 7.46. The van der Waals surface area contributed by atoms with Gasteiger partial charge in [-0.3, -0.25) is 4.79 Å². The second-order valence-electron chi connectivity index (χ2n) is 6.05. The normalized spacial score (nSPS) is 35.8. The van der Waals surface area contributed by atoms with Crippen molar-refractivity contribution in [2.75, 3.05) is 0 Å². The molecule has 4 rings (SSSR count). The standard InChI is InChI=1S/C17H16O5/c18-13(19)8-5-9-3-1-2-4-10(9)16-14-11-6-7-12(21-11)15(14)17(20)22-16/h1-5,8,11-12,14-16H,6-7H2,(H,18,19)/b8-5+/t11-,12+,14+,15+,16+/m1/s1. The number of benzene rings is 1. The Morgan fingerprint density at radius 2 is 2.00 bits per heavy atom. The number of carboxylic acids is 1. The van der Waals surface area contributed by atoms with E-state index in [0.717, 1.165) is 30.0 Å². The molecule has 3 aliphatic heterocycles. The van der Waals surface area contributed by atoms with Crippen LogP contribution >= 0.6 is 0 Å². The summed E-state index contributed by atoms with van der Waals surface area (Å²) in [5.41, 5.74) is 1.63. The second-order valence-corrected chi connectivity index (χ2v) is 6.05. The molecule has 0 saturated carbocycles. The molecule has 1 N–H and O–H groups in total. The minimum absolute atomic E-state index is 0.00535. The first kappa shape index (κ1) is 13.5. The number of aliphatic carboxylic acids is 1. The van der Waals surface area contributed by atoms with Gasteiger partial charge in [0.05, 0.1) is 18.1 Å². The Morgan fingerprint density at radius 3 is 2.82 bits per heavy atom. The van der Waals surface area contributed by atoms with Crippen molar-refractivity contribution in [3.05, 3.63) is 41.5 Å². The van der Waals surface area contributed by atoms with E-state index in [1.54, 1.807) is 6.08 Å². The van der Waals surface area contributed by atoms with Gasteiger partial charge in [0.15, 0.2) is 0 Å². The van der Waals surface area contributed by atoms with Crippen LogP contribution in [-0.4, -0.2) is 29.3 Å². The maximum absolute atomic E-state index is 12.2. The maximum Gasteiger partial charge on any atom is 0.328 e. The van der Waals surface area contributed by atoms with Crippen molar-refractivity contribution < 1.29 is 24.2 Å². The molecule has 1 aromatic carbocycles. The van der Waals surface area contributed by atoms with Crippen LogP contribution in [0.4, 0.5) is 0 Å². The lowest BCUT2D eigenvalue weighted by molar-refractivity contribution is -0.147. The van der Waals surface area contributed by atoms with Crippen LogP contribution < -0.4 is 0 Å². The van der Waals surface area contributed by atoms with E-state index in [1.165, 1.54) is 0 Å². The van der Waals surface area contributed by atoms with Crippen molar-refractivity contribution in [2.45, 2.75) is 31.2 Å². The number of fused-ring (bicyclic) bond motifs is 5. The second kappa shape index (κ2) is 4.95. The van der Waals surface area contributed by atoms with Gasteiger partial charge in [0.2, 0.25) is 0 Å². The Hall–Kier alpha value is -2.14. The molecule has 5 heteroatoms. The molecular weight excluding hydrogens is 284 g/mol. The fourth-order valence-electron chi connectivity index (χ4n) is 4.04. The van der Waals surface area contributed by atoms with E-state index in [2.05, 4.69) is 0 Å². The summed E-state index contributed by atoms with van der Waals surface area (Å²) in [5.74, 6) is -1.30. The number of carbonyl (C=O) groups excluding carboxylic acids is 1. The molecule has 2 bridgehead atoms. The SMILES string of the molecule is O=C(O)/C=C/c1ccccc1[C@@H]1OC(=O)[C@@H]2[C@@H]1[C@H]1CC[C@@H]2O1. The van der Waals surface area contributed by atoms with Gasteiger partial charge in [-0.25, -0.2) is 4.79 Å². The summed E-state index contributed by atoms with van der Waals surface area (Å²) in [5, 5.41) is 8.82. The molecule has 0 unspecified atom stereocenters. The largest absolute Gasteiger partial charge is 0.478 e. The van der Waals surface area contributed by atoms with Crippen molar-refractivity contribution in [3.63, 3.8) is 0 Å². The Bertz CT molecular complexity index is 665. The summed E-state index contributed by atoms with van der Waals surface area (Å²) in [7, 11) is 0. The zero-order valence-corrected chi connectivity index (χ0v) is 11.8. The Morgan fingerprint density at radius 1 is 1.23 bits per heavy atom. The minimum atomic E-state index is -1.00. The molecule has 0 spiro atoms. The highest BCUT2D eigenvalue weighted by Gasteiger charge is 2.61. The van der Waals surface area contributed by atoms with E-state index < -0.39 is 5.97 Å². The predicted octanol–water partition coefficient (Wildman–Crippen LogP) is 2.18. The van der Waals surface area contributed by atoms with E-state index in [4.69, 9.17) is 14.6 Å². The number of carbonyl (C=O) groups is 2. The van der Waals surface area contributed by atoms with Crippen LogP contribution in [0.1, 0.15) is 30.1 Å². The van der Waals surface area contributed by atoms with Crippen molar-refractivity contribution in [1.82, 2.24) is 0 Å². The average Bonchev–Trinajstić information content (AvgIpc) is 3.19.